The Labute approximate surface area is 220 Å². The van der Waals surface area contributed by atoms with Gasteiger partial charge in [-0.25, -0.2) is 9.97 Å². The molecule has 1 atom stereocenters. The van der Waals surface area contributed by atoms with Crippen LogP contribution in [0.3, 0.4) is 0 Å². The average Bonchev–Trinajstić information content (AvgIpc) is 3.37. The molecule has 0 radical (unpaired) electrons. The van der Waals surface area contributed by atoms with Crippen LogP contribution in [0.5, 0.6) is 0 Å². The summed E-state index contributed by atoms with van der Waals surface area (Å²) in [5.74, 6) is 1.46. The Morgan fingerprint density at radius 2 is 1.92 bits per heavy atom. The highest BCUT2D eigenvalue weighted by Crippen LogP contribution is 2.21. The van der Waals surface area contributed by atoms with E-state index in [0.29, 0.717) is 49.6 Å². The van der Waals surface area contributed by atoms with Gasteiger partial charge in [0.2, 0.25) is 11.9 Å². The van der Waals surface area contributed by atoms with Crippen molar-refractivity contribution in [2.45, 2.75) is 65.8 Å². The van der Waals surface area contributed by atoms with Gasteiger partial charge in [-0.15, -0.1) is 0 Å². The fourth-order valence-electron chi connectivity index (χ4n) is 3.93. The Hall–Kier alpha value is -3.46. The van der Waals surface area contributed by atoms with Crippen LogP contribution in [-0.4, -0.2) is 51.2 Å². The lowest BCUT2D eigenvalue weighted by Gasteiger charge is -2.21. The van der Waals surface area contributed by atoms with Crippen LogP contribution < -0.4 is 16.4 Å². The van der Waals surface area contributed by atoms with Gasteiger partial charge in [-0.1, -0.05) is 39.3 Å². The molecule has 0 spiro atoms. The van der Waals surface area contributed by atoms with E-state index < -0.39 is 6.04 Å². The molecular formula is C28H41N7O2. The van der Waals surface area contributed by atoms with Gasteiger partial charge >= 0.3 is 0 Å². The van der Waals surface area contributed by atoms with E-state index in [1.54, 1.807) is 6.33 Å². The minimum absolute atomic E-state index is 0.0336. The number of carbonyl (C=O) groups excluding carboxylic acids is 1. The normalized spacial score (nSPS) is 12.0. The van der Waals surface area contributed by atoms with Crippen LogP contribution in [0.15, 0.2) is 42.9 Å². The van der Waals surface area contributed by atoms with Crippen molar-refractivity contribution in [3.63, 3.8) is 0 Å². The molecule has 1 aromatic carbocycles. The van der Waals surface area contributed by atoms with Gasteiger partial charge in [0, 0.05) is 49.0 Å². The number of aromatic nitrogens is 4. The first-order chi connectivity index (χ1) is 17.9. The Bertz CT molecular complexity index is 1110. The van der Waals surface area contributed by atoms with Gasteiger partial charge in [0.1, 0.15) is 18.2 Å². The number of hydrogen-bond donors (Lipinski definition) is 3. The lowest BCUT2D eigenvalue weighted by atomic mass is 10.0. The fourth-order valence-corrected chi connectivity index (χ4v) is 3.93. The van der Waals surface area contributed by atoms with Crippen molar-refractivity contribution < 1.29 is 9.53 Å². The number of nitrogen functional groups attached to an aromatic ring is 1. The van der Waals surface area contributed by atoms with Crippen LogP contribution in [0.2, 0.25) is 0 Å². The number of rotatable bonds is 15. The van der Waals surface area contributed by atoms with Crippen molar-refractivity contribution in [2.75, 3.05) is 30.8 Å². The Kier molecular flexibility index (Phi) is 10.9. The maximum atomic E-state index is 13.0. The largest absolute Gasteiger partial charge is 0.399 e. The first-order valence-corrected chi connectivity index (χ1v) is 13.3. The molecule has 37 heavy (non-hydrogen) atoms. The summed E-state index contributed by atoms with van der Waals surface area (Å²) in [6.45, 7) is 10.2. The molecule has 2 heterocycles. The zero-order chi connectivity index (χ0) is 26.6. The SMILES string of the molecule is CCCCc1cc(N[C@@H](CC(C)C)C(=O)NCCCOCC)nc(-n2cnc(-c3ccc(N)cc3)c2)n1. The smallest absolute Gasteiger partial charge is 0.242 e. The maximum Gasteiger partial charge on any atom is 0.242 e. The van der Waals surface area contributed by atoms with Crippen molar-refractivity contribution in [2.24, 2.45) is 5.92 Å². The molecule has 0 aliphatic rings. The van der Waals surface area contributed by atoms with E-state index in [9.17, 15) is 4.79 Å². The number of nitrogens with two attached hydrogens (primary N) is 1. The molecule has 0 aliphatic carbocycles. The van der Waals surface area contributed by atoms with Crippen LogP contribution in [0.25, 0.3) is 17.2 Å². The summed E-state index contributed by atoms with van der Waals surface area (Å²) in [5.41, 5.74) is 9.23. The molecule has 2 aromatic heterocycles. The first-order valence-electron chi connectivity index (χ1n) is 13.3. The third-order valence-corrected chi connectivity index (χ3v) is 5.89. The fraction of sp³-hybridized carbons (Fsp3) is 0.500. The van der Waals surface area contributed by atoms with Crippen molar-refractivity contribution in [3.05, 3.63) is 48.5 Å². The van der Waals surface area contributed by atoms with Crippen molar-refractivity contribution in [1.82, 2.24) is 24.8 Å². The zero-order valence-electron chi connectivity index (χ0n) is 22.5. The van der Waals surface area contributed by atoms with Crippen LogP contribution in [0.1, 0.15) is 59.1 Å². The maximum absolute atomic E-state index is 13.0. The number of benzene rings is 1. The minimum atomic E-state index is -0.401. The third kappa shape index (κ3) is 8.86. The third-order valence-electron chi connectivity index (χ3n) is 5.89. The highest BCUT2D eigenvalue weighted by atomic mass is 16.5. The summed E-state index contributed by atoms with van der Waals surface area (Å²) in [6, 6.07) is 9.15. The number of unbranched alkanes of at least 4 members (excludes halogenated alkanes) is 1. The minimum Gasteiger partial charge on any atom is -0.399 e. The molecule has 9 nitrogen and oxygen atoms in total. The van der Waals surface area contributed by atoms with Crippen molar-refractivity contribution in [1.29, 1.82) is 0 Å². The molecule has 0 aliphatic heterocycles. The van der Waals surface area contributed by atoms with Gasteiger partial charge in [-0.05, 0) is 50.7 Å². The first kappa shape index (κ1) is 28.1. The van der Waals surface area contributed by atoms with Crippen LogP contribution in [-0.2, 0) is 16.0 Å². The highest BCUT2D eigenvalue weighted by molar-refractivity contribution is 5.84. The van der Waals surface area contributed by atoms with Crippen LogP contribution >= 0.6 is 0 Å². The second-order valence-electron chi connectivity index (χ2n) is 9.60. The van der Waals surface area contributed by atoms with E-state index in [1.165, 1.54) is 0 Å². The summed E-state index contributed by atoms with van der Waals surface area (Å²) in [6.07, 6.45) is 8.01. The monoisotopic (exact) mass is 507 g/mol. The van der Waals surface area contributed by atoms with E-state index in [2.05, 4.69) is 36.4 Å². The quantitative estimate of drug-likeness (QED) is 0.203. The molecule has 0 unspecified atom stereocenters. The lowest BCUT2D eigenvalue weighted by molar-refractivity contribution is -0.122. The molecule has 0 saturated heterocycles. The second kappa shape index (κ2) is 14.3. The van der Waals surface area contributed by atoms with Crippen LogP contribution in [0.4, 0.5) is 11.5 Å². The molecule has 1 amide bonds. The Morgan fingerprint density at radius 3 is 2.62 bits per heavy atom. The molecule has 0 saturated carbocycles. The van der Waals surface area contributed by atoms with Gasteiger partial charge < -0.3 is 21.1 Å². The topological polar surface area (TPSA) is 120 Å². The molecular weight excluding hydrogens is 466 g/mol. The number of carbonyl (C=O) groups is 1. The van der Waals surface area contributed by atoms with E-state index in [-0.39, 0.29) is 5.91 Å². The Morgan fingerprint density at radius 1 is 1.14 bits per heavy atom. The predicted octanol–water partition coefficient (Wildman–Crippen LogP) is 4.62. The van der Waals surface area contributed by atoms with E-state index in [0.717, 1.165) is 42.6 Å². The number of aryl methyl sites for hydroxylation is 1. The molecule has 0 fully saturated rings. The lowest BCUT2D eigenvalue weighted by Crippen LogP contribution is -2.41. The average molecular weight is 508 g/mol. The summed E-state index contributed by atoms with van der Waals surface area (Å²) in [4.78, 5) is 27.1. The summed E-state index contributed by atoms with van der Waals surface area (Å²) in [7, 11) is 0. The molecule has 3 rings (SSSR count). The van der Waals surface area contributed by atoms with E-state index in [1.807, 2.05) is 48.0 Å². The van der Waals surface area contributed by atoms with Gasteiger partial charge in [-0.2, -0.15) is 4.98 Å². The predicted molar refractivity (Wildman–Crippen MR) is 149 cm³/mol. The molecule has 3 aromatic rings. The molecule has 0 bridgehead atoms. The van der Waals surface area contributed by atoms with Crippen LogP contribution in [0, 0.1) is 5.92 Å². The van der Waals surface area contributed by atoms with Crippen molar-refractivity contribution in [3.8, 4) is 17.2 Å². The highest BCUT2D eigenvalue weighted by Gasteiger charge is 2.21. The van der Waals surface area contributed by atoms with Gasteiger partial charge in [0.05, 0.1) is 5.69 Å². The van der Waals surface area contributed by atoms with Gasteiger partial charge in [0.25, 0.3) is 0 Å². The molecule has 9 heteroatoms. The van der Waals surface area contributed by atoms with E-state index in [4.69, 9.17) is 20.4 Å². The molecule has 4 N–H and O–H groups in total. The number of amides is 1. The number of anilines is 2. The van der Waals surface area contributed by atoms with Gasteiger partial charge in [-0.3, -0.25) is 9.36 Å². The number of ether oxygens (including phenoxy) is 1. The zero-order valence-corrected chi connectivity index (χ0v) is 22.5. The Balaban J connectivity index is 1.82. The van der Waals surface area contributed by atoms with Gasteiger partial charge in [0.15, 0.2) is 0 Å². The second-order valence-corrected chi connectivity index (χ2v) is 9.60. The summed E-state index contributed by atoms with van der Waals surface area (Å²) < 4.78 is 7.19. The number of nitrogens with zero attached hydrogens (tertiary/aromatic N) is 4. The van der Waals surface area contributed by atoms with Crippen molar-refractivity contribution >= 4 is 17.4 Å². The number of imidazole rings is 1. The number of nitrogens with one attached hydrogen (secondary N) is 2. The summed E-state index contributed by atoms with van der Waals surface area (Å²) in [5, 5.41) is 6.43. The standard InChI is InChI=1S/C28H41N7O2/c1-5-7-9-23-17-26(33-24(16-20(3)4)27(36)30-14-8-15-37-6-2)34-28(32-23)35-18-25(31-19-35)21-10-12-22(29)13-11-21/h10-13,17-20,24H,5-9,14-16,29H2,1-4H3,(H,30,36)(H,32,33,34)/t24-/m0/s1. The summed E-state index contributed by atoms with van der Waals surface area (Å²) >= 11 is 0. The van der Waals surface area contributed by atoms with E-state index >= 15 is 0 Å². The molecule has 200 valence electrons. The number of hydrogen-bond acceptors (Lipinski definition) is 7.